The zero-order chi connectivity index (χ0) is 17.4. The molecular weight excluding hydrogens is 406 g/mol. The van der Waals surface area contributed by atoms with Crippen LogP contribution in [0.2, 0.25) is 0 Å². The molecule has 0 aromatic heterocycles. The van der Waals surface area contributed by atoms with Gasteiger partial charge < -0.3 is 5.11 Å². The molecule has 0 saturated carbocycles. The molecule has 0 bridgehead atoms. The molecule has 1 heterocycles. The van der Waals surface area contributed by atoms with Gasteiger partial charge >= 0.3 is 0 Å². The van der Waals surface area contributed by atoms with E-state index in [1.807, 2.05) is 6.92 Å². The summed E-state index contributed by atoms with van der Waals surface area (Å²) in [6, 6.07) is 3.45. The summed E-state index contributed by atoms with van der Waals surface area (Å²) < 4.78 is 51.0. The quantitative estimate of drug-likeness (QED) is 0.791. The van der Waals surface area contributed by atoms with Gasteiger partial charge in [0, 0.05) is 17.3 Å². The average Bonchev–Trinajstić information content (AvgIpc) is 2.45. The summed E-state index contributed by atoms with van der Waals surface area (Å²) in [6.07, 6.45) is 2.59. The fourth-order valence-corrected chi connectivity index (χ4v) is 6.24. The van der Waals surface area contributed by atoms with E-state index in [1.165, 1.54) is 22.5 Å². The second kappa shape index (κ2) is 6.79. The molecule has 130 valence electrons. The van der Waals surface area contributed by atoms with Crippen molar-refractivity contribution in [3.8, 4) is 0 Å². The molecule has 0 aliphatic carbocycles. The van der Waals surface area contributed by atoms with E-state index in [4.69, 9.17) is 0 Å². The predicted molar refractivity (Wildman–Crippen MR) is 90.4 cm³/mol. The molecule has 1 aromatic rings. The van der Waals surface area contributed by atoms with Crippen LogP contribution in [0.4, 0.5) is 0 Å². The van der Waals surface area contributed by atoms with Crippen molar-refractivity contribution >= 4 is 35.8 Å². The Labute approximate surface area is 145 Å². The standard InChI is InChI=1S/C14H20BrNO5S2/c1-10-4-3-7-16(13(10)9-17)23(20,21)14-8-11(22(2,18)19)5-6-12(14)15/h5-6,8,10,13,17H,3-4,7,9H2,1-2H3/t10-,13-/m0/s1. The van der Waals surface area contributed by atoms with Gasteiger partial charge in [0.2, 0.25) is 10.0 Å². The number of benzene rings is 1. The second-order valence-corrected chi connectivity index (χ2v) is 10.6. The minimum absolute atomic E-state index is 0.0420. The Morgan fingerprint density at radius 1 is 1.30 bits per heavy atom. The van der Waals surface area contributed by atoms with Crippen LogP contribution in [-0.4, -0.2) is 51.7 Å². The van der Waals surface area contributed by atoms with Gasteiger partial charge in [-0.15, -0.1) is 0 Å². The zero-order valence-corrected chi connectivity index (χ0v) is 16.2. The van der Waals surface area contributed by atoms with Crippen LogP contribution in [0, 0.1) is 5.92 Å². The Kier molecular flexibility index (Phi) is 5.57. The number of aliphatic hydroxyl groups is 1. The van der Waals surface area contributed by atoms with Crippen LogP contribution in [-0.2, 0) is 19.9 Å². The molecule has 0 amide bonds. The summed E-state index contributed by atoms with van der Waals surface area (Å²) >= 11 is 3.19. The largest absolute Gasteiger partial charge is 0.395 e. The van der Waals surface area contributed by atoms with Gasteiger partial charge in [0.1, 0.15) is 0 Å². The van der Waals surface area contributed by atoms with Gasteiger partial charge in [-0.1, -0.05) is 6.92 Å². The molecule has 1 aliphatic heterocycles. The number of rotatable bonds is 4. The van der Waals surface area contributed by atoms with Crippen LogP contribution in [0.1, 0.15) is 19.8 Å². The maximum atomic E-state index is 13.0. The van der Waals surface area contributed by atoms with Gasteiger partial charge in [0.25, 0.3) is 0 Å². The van der Waals surface area contributed by atoms with E-state index in [0.717, 1.165) is 12.7 Å². The van der Waals surface area contributed by atoms with Gasteiger partial charge in [0.05, 0.1) is 22.4 Å². The average molecular weight is 426 g/mol. The molecule has 1 N–H and O–H groups in total. The summed E-state index contributed by atoms with van der Waals surface area (Å²) in [5.41, 5.74) is 0. The smallest absolute Gasteiger partial charge is 0.244 e. The number of aliphatic hydroxyl groups excluding tert-OH is 1. The van der Waals surface area contributed by atoms with E-state index in [0.29, 0.717) is 17.4 Å². The molecular formula is C14H20BrNO5S2. The minimum Gasteiger partial charge on any atom is -0.395 e. The maximum absolute atomic E-state index is 13.0. The molecule has 0 unspecified atom stereocenters. The van der Waals surface area contributed by atoms with Gasteiger partial charge in [-0.2, -0.15) is 4.31 Å². The topological polar surface area (TPSA) is 91.8 Å². The number of sulfonamides is 1. The molecule has 0 radical (unpaired) electrons. The lowest BCUT2D eigenvalue weighted by molar-refractivity contribution is 0.113. The Morgan fingerprint density at radius 3 is 2.52 bits per heavy atom. The fraction of sp³-hybridized carbons (Fsp3) is 0.571. The van der Waals surface area contributed by atoms with Crippen LogP contribution < -0.4 is 0 Å². The first-order valence-electron chi connectivity index (χ1n) is 7.21. The molecule has 1 saturated heterocycles. The highest BCUT2D eigenvalue weighted by atomic mass is 79.9. The van der Waals surface area contributed by atoms with Crippen molar-refractivity contribution in [1.29, 1.82) is 0 Å². The first kappa shape index (κ1) is 18.9. The van der Waals surface area contributed by atoms with E-state index in [9.17, 15) is 21.9 Å². The first-order chi connectivity index (χ1) is 10.6. The molecule has 6 nitrogen and oxygen atoms in total. The second-order valence-electron chi connectivity index (χ2n) is 5.85. The summed E-state index contributed by atoms with van der Waals surface area (Å²) in [7, 11) is -7.42. The number of halogens is 1. The van der Waals surface area contributed by atoms with Gasteiger partial charge in [-0.05, 0) is 52.9 Å². The van der Waals surface area contributed by atoms with Crippen molar-refractivity contribution in [2.75, 3.05) is 19.4 Å². The SMILES string of the molecule is C[C@H]1CCCN(S(=O)(=O)c2cc(S(C)(=O)=O)ccc2Br)[C@H]1CO. The number of hydrogen-bond donors (Lipinski definition) is 1. The summed E-state index contributed by atoms with van der Waals surface area (Å²) in [6.45, 7) is 1.96. The number of nitrogens with zero attached hydrogens (tertiary/aromatic N) is 1. The third-order valence-electron chi connectivity index (χ3n) is 4.17. The Morgan fingerprint density at radius 2 is 1.96 bits per heavy atom. The lowest BCUT2D eigenvalue weighted by Crippen LogP contribution is -2.49. The van der Waals surface area contributed by atoms with Crippen LogP contribution in [0.5, 0.6) is 0 Å². The lowest BCUT2D eigenvalue weighted by atomic mass is 9.93. The molecule has 1 aliphatic rings. The zero-order valence-electron chi connectivity index (χ0n) is 12.9. The van der Waals surface area contributed by atoms with Crippen molar-refractivity contribution in [2.45, 2.75) is 35.6 Å². The van der Waals surface area contributed by atoms with Crippen molar-refractivity contribution in [2.24, 2.45) is 5.92 Å². The van der Waals surface area contributed by atoms with Gasteiger partial charge in [-0.3, -0.25) is 0 Å². The third-order valence-corrected chi connectivity index (χ3v) is 8.20. The normalized spacial score (nSPS) is 23.8. The third kappa shape index (κ3) is 3.79. The van der Waals surface area contributed by atoms with Crippen LogP contribution in [0.25, 0.3) is 0 Å². The van der Waals surface area contributed by atoms with Crippen molar-refractivity contribution in [3.63, 3.8) is 0 Å². The van der Waals surface area contributed by atoms with E-state index >= 15 is 0 Å². The number of hydrogen-bond acceptors (Lipinski definition) is 5. The molecule has 2 rings (SSSR count). The van der Waals surface area contributed by atoms with E-state index in [1.54, 1.807) is 0 Å². The minimum atomic E-state index is -3.91. The van der Waals surface area contributed by atoms with Crippen LogP contribution in [0.15, 0.2) is 32.5 Å². The van der Waals surface area contributed by atoms with Gasteiger partial charge in [0.15, 0.2) is 9.84 Å². The van der Waals surface area contributed by atoms with E-state index < -0.39 is 25.9 Å². The van der Waals surface area contributed by atoms with Crippen molar-refractivity contribution in [3.05, 3.63) is 22.7 Å². The molecule has 1 aromatic carbocycles. The van der Waals surface area contributed by atoms with Crippen LogP contribution in [0.3, 0.4) is 0 Å². The summed E-state index contributed by atoms with van der Waals surface area (Å²) in [5, 5.41) is 9.58. The highest BCUT2D eigenvalue weighted by Crippen LogP contribution is 2.33. The molecule has 0 spiro atoms. The van der Waals surface area contributed by atoms with E-state index in [-0.39, 0.29) is 22.3 Å². The lowest BCUT2D eigenvalue weighted by Gasteiger charge is -2.38. The van der Waals surface area contributed by atoms with Crippen molar-refractivity contribution < 1.29 is 21.9 Å². The highest BCUT2D eigenvalue weighted by Gasteiger charge is 2.38. The highest BCUT2D eigenvalue weighted by molar-refractivity contribution is 9.10. The first-order valence-corrected chi connectivity index (χ1v) is 11.3. The maximum Gasteiger partial charge on any atom is 0.244 e. The Hall–Kier alpha value is -0.480. The number of sulfone groups is 1. The molecule has 1 fully saturated rings. The molecule has 2 atom stereocenters. The molecule has 23 heavy (non-hydrogen) atoms. The summed E-state index contributed by atoms with van der Waals surface area (Å²) in [5.74, 6) is 0.0420. The Bertz CT molecular complexity index is 791. The Balaban J connectivity index is 2.55. The number of piperidine rings is 1. The monoisotopic (exact) mass is 425 g/mol. The predicted octanol–water partition coefficient (Wildman–Crippen LogP) is 1.63. The van der Waals surface area contributed by atoms with Crippen molar-refractivity contribution in [1.82, 2.24) is 4.31 Å². The molecule has 9 heteroatoms. The van der Waals surface area contributed by atoms with Gasteiger partial charge in [-0.25, -0.2) is 16.8 Å². The summed E-state index contributed by atoms with van der Waals surface area (Å²) in [4.78, 5) is -0.141. The van der Waals surface area contributed by atoms with E-state index in [2.05, 4.69) is 15.9 Å². The van der Waals surface area contributed by atoms with Crippen LogP contribution >= 0.6 is 15.9 Å². The fourth-order valence-electron chi connectivity index (χ4n) is 2.82.